The van der Waals surface area contributed by atoms with E-state index in [1.54, 1.807) is 0 Å². The van der Waals surface area contributed by atoms with Gasteiger partial charge in [-0.3, -0.25) is 5.84 Å². The summed E-state index contributed by atoms with van der Waals surface area (Å²) in [5, 5.41) is 3.24. The molecule has 4 N–H and O–H groups in total. The summed E-state index contributed by atoms with van der Waals surface area (Å²) in [4.78, 5) is 0. The van der Waals surface area contributed by atoms with E-state index in [-0.39, 0.29) is 0 Å². The minimum Gasteiger partial charge on any atom is -0.303 e. The monoisotopic (exact) mass is 173 g/mol. The molecule has 0 aliphatic carbocycles. The third kappa shape index (κ3) is 6.58. The van der Waals surface area contributed by atoms with Crippen molar-refractivity contribution in [1.82, 2.24) is 10.7 Å². The highest BCUT2D eigenvalue weighted by Gasteiger charge is 2.18. The van der Waals surface area contributed by atoms with E-state index in [1.807, 2.05) is 0 Å². The fourth-order valence-corrected chi connectivity index (χ4v) is 1.65. The molecule has 74 valence electrons. The van der Waals surface area contributed by atoms with Gasteiger partial charge in [-0.05, 0) is 17.8 Å². The van der Waals surface area contributed by atoms with Crippen LogP contribution in [0.15, 0.2) is 0 Å². The summed E-state index contributed by atoms with van der Waals surface area (Å²) >= 11 is 0. The molecule has 0 aliphatic heterocycles. The van der Waals surface area contributed by atoms with Crippen LogP contribution in [0, 0.1) is 11.3 Å². The first kappa shape index (κ1) is 11.9. The molecule has 0 rings (SSSR count). The first-order chi connectivity index (χ1) is 5.48. The summed E-state index contributed by atoms with van der Waals surface area (Å²) in [5.41, 5.74) is 2.95. The van der Waals surface area contributed by atoms with Gasteiger partial charge in [0, 0.05) is 6.54 Å². The van der Waals surface area contributed by atoms with Gasteiger partial charge in [-0.25, -0.2) is 5.43 Å². The summed E-state index contributed by atoms with van der Waals surface area (Å²) < 4.78 is 0. The zero-order valence-electron chi connectivity index (χ0n) is 8.78. The lowest BCUT2D eigenvalue weighted by molar-refractivity contribution is 0.271. The van der Waals surface area contributed by atoms with Crippen LogP contribution in [-0.4, -0.2) is 13.2 Å². The second kappa shape index (κ2) is 5.51. The van der Waals surface area contributed by atoms with Gasteiger partial charge in [0.15, 0.2) is 0 Å². The Morgan fingerprint density at radius 2 is 1.92 bits per heavy atom. The van der Waals surface area contributed by atoms with E-state index in [0.717, 1.165) is 12.5 Å². The van der Waals surface area contributed by atoms with Crippen LogP contribution in [0.3, 0.4) is 0 Å². The van der Waals surface area contributed by atoms with Gasteiger partial charge in [-0.2, -0.15) is 0 Å². The largest absolute Gasteiger partial charge is 0.303 e. The van der Waals surface area contributed by atoms with Crippen molar-refractivity contribution in [3.05, 3.63) is 0 Å². The summed E-state index contributed by atoms with van der Waals surface area (Å²) in [6.07, 6.45) is 1.24. The summed E-state index contributed by atoms with van der Waals surface area (Å²) in [5.74, 6) is 5.90. The number of hydrazine groups is 1. The van der Waals surface area contributed by atoms with E-state index in [1.165, 1.54) is 6.42 Å². The standard InChI is InChI=1S/C9H23N3/c1-8(2)5-9(3,4)6-11-7-12-10/h8,11-12H,5-7,10H2,1-4H3. The van der Waals surface area contributed by atoms with Gasteiger partial charge in [0.05, 0.1) is 6.67 Å². The molecule has 0 saturated carbocycles. The lowest BCUT2D eigenvalue weighted by atomic mass is 9.84. The quantitative estimate of drug-likeness (QED) is 0.244. The zero-order chi connectivity index (χ0) is 9.61. The fourth-order valence-electron chi connectivity index (χ4n) is 1.65. The van der Waals surface area contributed by atoms with Gasteiger partial charge in [-0.1, -0.05) is 27.7 Å². The molecule has 0 unspecified atom stereocenters. The molecule has 0 atom stereocenters. The minimum atomic E-state index is 0.366. The molecule has 0 aromatic carbocycles. The zero-order valence-corrected chi connectivity index (χ0v) is 8.78. The summed E-state index contributed by atoms with van der Waals surface area (Å²) in [6.45, 7) is 10.7. The van der Waals surface area contributed by atoms with Crippen LogP contribution in [-0.2, 0) is 0 Å². The number of nitrogens with one attached hydrogen (secondary N) is 2. The molecule has 0 saturated heterocycles. The molecule has 0 heterocycles. The highest BCUT2D eigenvalue weighted by atomic mass is 15.3. The van der Waals surface area contributed by atoms with Gasteiger partial charge in [0.2, 0.25) is 0 Å². The molecule has 3 heteroatoms. The highest BCUT2D eigenvalue weighted by molar-refractivity contribution is 4.72. The summed E-state index contributed by atoms with van der Waals surface area (Å²) in [6, 6.07) is 0. The van der Waals surface area contributed by atoms with Gasteiger partial charge in [0.25, 0.3) is 0 Å². The van der Waals surface area contributed by atoms with Crippen LogP contribution in [0.2, 0.25) is 0 Å². The van der Waals surface area contributed by atoms with Crippen molar-refractivity contribution >= 4 is 0 Å². The molecule has 3 nitrogen and oxygen atoms in total. The number of hydrogen-bond acceptors (Lipinski definition) is 3. The first-order valence-electron chi connectivity index (χ1n) is 4.62. The maximum Gasteiger partial charge on any atom is 0.0587 e. The molecule has 0 spiro atoms. The Kier molecular flexibility index (Phi) is 5.46. The predicted molar refractivity (Wildman–Crippen MR) is 53.4 cm³/mol. The van der Waals surface area contributed by atoms with Crippen molar-refractivity contribution in [3.8, 4) is 0 Å². The average Bonchev–Trinajstić information content (AvgIpc) is 1.84. The van der Waals surface area contributed by atoms with E-state index in [4.69, 9.17) is 5.84 Å². The topological polar surface area (TPSA) is 50.1 Å². The molecular weight excluding hydrogens is 150 g/mol. The average molecular weight is 173 g/mol. The molecule has 0 fully saturated rings. The Balaban J connectivity index is 3.56. The molecule has 0 amide bonds. The Morgan fingerprint density at radius 3 is 2.33 bits per heavy atom. The van der Waals surface area contributed by atoms with Crippen LogP contribution >= 0.6 is 0 Å². The van der Waals surface area contributed by atoms with E-state index in [0.29, 0.717) is 12.1 Å². The third-order valence-electron chi connectivity index (χ3n) is 1.79. The lowest BCUT2D eigenvalue weighted by Crippen LogP contribution is -2.39. The molecule has 0 radical (unpaired) electrons. The van der Waals surface area contributed by atoms with E-state index in [9.17, 15) is 0 Å². The van der Waals surface area contributed by atoms with Crippen molar-refractivity contribution < 1.29 is 0 Å². The van der Waals surface area contributed by atoms with Crippen molar-refractivity contribution in [2.45, 2.75) is 34.1 Å². The van der Waals surface area contributed by atoms with Gasteiger partial charge in [0.1, 0.15) is 0 Å². The highest BCUT2D eigenvalue weighted by Crippen LogP contribution is 2.23. The number of hydrogen-bond donors (Lipinski definition) is 3. The van der Waals surface area contributed by atoms with Crippen LogP contribution in [0.5, 0.6) is 0 Å². The fraction of sp³-hybridized carbons (Fsp3) is 1.00. The van der Waals surface area contributed by atoms with Crippen molar-refractivity contribution in [2.24, 2.45) is 17.2 Å². The SMILES string of the molecule is CC(C)CC(C)(C)CNCNN. The lowest BCUT2D eigenvalue weighted by Gasteiger charge is -2.26. The van der Waals surface area contributed by atoms with E-state index in [2.05, 4.69) is 38.4 Å². The smallest absolute Gasteiger partial charge is 0.0587 e. The predicted octanol–water partition coefficient (Wildman–Crippen LogP) is 1.07. The van der Waals surface area contributed by atoms with Crippen LogP contribution in [0.25, 0.3) is 0 Å². The Hall–Kier alpha value is -0.120. The molecule has 0 aliphatic rings. The van der Waals surface area contributed by atoms with Crippen molar-refractivity contribution in [2.75, 3.05) is 13.2 Å². The van der Waals surface area contributed by atoms with Gasteiger partial charge in [-0.15, -0.1) is 0 Å². The maximum atomic E-state index is 5.15. The van der Waals surface area contributed by atoms with Gasteiger partial charge < -0.3 is 5.32 Å². The van der Waals surface area contributed by atoms with Crippen LogP contribution in [0.4, 0.5) is 0 Å². The third-order valence-corrected chi connectivity index (χ3v) is 1.79. The molecule has 0 aromatic rings. The van der Waals surface area contributed by atoms with Crippen molar-refractivity contribution in [3.63, 3.8) is 0 Å². The van der Waals surface area contributed by atoms with Crippen molar-refractivity contribution in [1.29, 1.82) is 0 Å². The second-order valence-electron chi connectivity index (χ2n) is 4.57. The van der Waals surface area contributed by atoms with E-state index >= 15 is 0 Å². The first-order valence-corrected chi connectivity index (χ1v) is 4.62. The van der Waals surface area contributed by atoms with Gasteiger partial charge >= 0.3 is 0 Å². The molecular formula is C9H23N3. The number of nitrogens with two attached hydrogens (primary N) is 1. The minimum absolute atomic E-state index is 0.366. The number of rotatable bonds is 6. The normalized spacial score (nSPS) is 12.5. The Morgan fingerprint density at radius 1 is 1.33 bits per heavy atom. The Labute approximate surface area is 76.1 Å². The maximum absolute atomic E-state index is 5.15. The molecule has 0 bridgehead atoms. The second-order valence-corrected chi connectivity index (χ2v) is 4.57. The summed E-state index contributed by atoms with van der Waals surface area (Å²) in [7, 11) is 0. The molecule has 0 aromatic heterocycles. The van der Waals surface area contributed by atoms with Crippen LogP contribution in [0.1, 0.15) is 34.1 Å². The van der Waals surface area contributed by atoms with Crippen LogP contribution < -0.4 is 16.6 Å². The van der Waals surface area contributed by atoms with E-state index < -0.39 is 0 Å². The Bertz CT molecular complexity index is 110. The molecule has 12 heavy (non-hydrogen) atoms.